The van der Waals surface area contributed by atoms with E-state index in [0.717, 1.165) is 55.9 Å². The number of nitrogens with zero attached hydrogens (tertiary/aromatic N) is 2. The van der Waals surface area contributed by atoms with E-state index in [4.69, 9.17) is 9.41 Å². The van der Waals surface area contributed by atoms with E-state index in [-0.39, 0.29) is 24.0 Å². The topological polar surface area (TPSA) is 62.0 Å². The smallest absolute Gasteiger partial charge is 0.236 e. The predicted octanol–water partition coefficient (Wildman–Crippen LogP) is 9.26. The minimum Gasteiger partial charge on any atom is -0.456 e. The molecule has 5 nitrogen and oxygen atoms in total. The molecule has 5 aromatic rings. The summed E-state index contributed by atoms with van der Waals surface area (Å²) in [6.07, 6.45) is 38.2. The number of anilines is 2. The van der Waals surface area contributed by atoms with E-state index >= 15 is 0 Å². The molecule has 7 unspecified atom stereocenters. The van der Waals surface area contributed by atoms with Gasteiger partial charge in [0.25, 0.3) is 0 Å². The molecule has 0 radical (unpaired) electrons. The number of rotatable bonds is 7. The molecule has 3 heterocycles. The average Bonchev–Trinajstić information content (AvgIpc) is 3.89. The Morgan fingerprint density at radius 2 is 1.56 bits per heavy atom. The highest BCUT2D eigenvalue weighted by Crippen LogP contribution is 2.49. The molecular weight excluding hydrogens is 757 g/mol. The molecule has 5 heteroatoms. The quantitative estimate of drug-likeness (QED) is 0.172. The number of amidine groups is 1. The minimum absolute atomic E-state index is 0.0387. The average molecular weight is 811 g/mol. The fourth-order valence-electron chi connectivity index (χ4n) is 11.7. The molecule has 5 aliphatic carbocycles. The van der Waals surface area contributed by atoms with Crippen LogP contribution in [0.4, 0.5) is 11.4 Å². The highest BCUT2D eigenvalue weighted by atomic mass is 16.3. The molecule has 62 heavy (non-hydrogen) atoms. The Morgan fingerprint density at radius 3 is 2.42 bits per heavy atom. The van der Waals surface area contributed by atoms with Crippen LogP contribution in [0.15, 0.2) is 185 Å². The molecule has 0 saturated carbocycles. The molecule has 1 aromatic heterocycles. The maximum Gasteiger partial charge on any atom is 0.236 e. The van der Waals surface area contributed by atoms with Gasteiger partial charge in [-0.05, 0) is 109 Å². The lowest BCUT2D eigenvalue weighted by molar-refractivity contribution is -0.894. The number of hydrogen-bond donors (Lipinski definition) is 2. The van der Waals surface area contributed by atoms with Crippen LogP contribution in [0.2, 0.25) is 0 Å². The van der Waals surface area contributed by atoms with E-state index < -0.39 is 0 Å². The third-order valence-electron chi connectivity index (χ3n) is 14.6. The van der Waals surface area contributed by atoms with Crippen LogP contribution in [-0.4, -0.2) is 24.2 Å². The highest BCUT2D eigenvalue weighted by Gasteiger charge is 2.44. The van der Waals surface area contributed by atoms with Gasteiger partial charge in [0.2, 0.25) is 12.0 Å². The van der Waals surface area contributed by atoms with E-state index in [9.17, 15) is 0 Å². The Bertz CT molecular complexity index is 2940. The predicted molar refractivity (Wildman–Crippen MR) is 254 cm³/mol. The minimum atomic E-state index is 0.0387. The zero-order valence-electron chi connectivity index (χ0n) is 35.2. The van der Waals surface area contributed by atoms with Crippen molar-refractivity contribution in [2.45, 2.75) is 69.2 Å². The molecule has 7 aliphatic rings. The summed E-state index contributed by atoms with van der Waals surface area (Å²) in [6.45, 7) is 0. The number of para-hydroxylation sites is 1. The summed E-state index contributed by atoms with van der Waals surface area (Å²) in [5, 5.41) is 7.72. The summed E-state index contributed by atoms with van der Waals surface area (Å²) in [5.41, 5.74) is 14.0. The Hall–Kier alpha value is -6.27. The van der Waals surface area contributed by atoms with Gasteiger partial charge in [0.15, 0.2) is 6.17 Å². The molecule has 7 atom stereocenters. The van der Waals surface area contributed by atoms with E-state index in [1.807, 2.05) is 0 Å². The van der Waals surface area contributed by atoms with Crippen molar-refractivity contribution in [2.75, 3.05) is 4.90 Å². The van der Waals surface area contributed by atoms with Crippen LogP contribution in [0.5, 0.6) is 0 Å². The number of aliphatic imine (C=N–C) groups is 1. The summed E-state index contributed by atoms with van der Waals surface area (Å²) in [6, 6.07) is 36.0. The second-order valence-electron chi connectivity index (χ2n) is 18.2. The first-order chi connectivity index (χ1) is 30.7. The van der Waals surface area contributed by atoms with Gasteiger partial charge in [-0.15, -0.1) is 0 Å². The van der Waals surface area contributed by atoms with Crippen molar-refractivity contribution in [2.24, 2.45) is 22.7 Å². The SMILES string of the molecule is C1=CCC(C2[NH2+]C(C3=CCCC=C3)=NC(C3C=C(c4cccc(-c5ccccc5)c4)CCC3C3=c4c(oc5cc6c(cc45)C4C=CC=CC4N6c4ccccc4)=CCC3)[NH2+]2)C=C1. The van der Waals surface area contributed by atoms with Crippen LogP contribution in [-0.2, 0) is 0 Å². The van der Waals surface area contributed by atoms with Crippen molar-refractivity contribution < 1.29 is 15.1 Å². The van der Waals surface area contributed by atoms with E-state index in [2.05, 4.69) is 192 Å². The van der Waals surface area contributed by atoms with Gasteiger partial charge in [-0.1, -0.05) is 145 Å². The maximum absolute atomic E-state index is 6.97. The van der Waals surface area contributed by atoms with E-state index in [1.54, 1.807) is 5.57 Å². The van der Waals surface area contributed by atoms with Crippen LogP contribution >= 0.6 is 0 Å². The summed E-state index contributed by atoms with van der Waals surface area (Å²) in [5.74, 6) is 2.41. The largest absolute Gasteiger partial charge is 0.456 e. The molecule has 4 aromatic carbocycles. The first-order valence-electron chi connectivity index (χ1n) is 23.1. The van der Waals surface area contributed by atoms with Crippen LogP contribution < -0.4 is 26.2 Å². The third-order valence-corrected chi connectivity index (χ3v) is 14.6. The molecule has 4 N–H and O–H groups in total. The molecule has 0 saturated heterocycles. The standard InChI is InChI=1S/C57H52N4O/c1-5-17-37(18-6-1)40-23-15-24-41(33-40)42-31-32-44(48(34-42)57-59-55(38-19-7-2-8-20-38)58-56(60-57)39-21-9-3-10-22-39)46-28-16-30-52-54(46)49-35-47-45-27-13-14-29-50(45)61(43-25-11-4-12-26-43)51(47)36-53(49)62-52/h1-2,4-9,11-15,17-19,21-27,29-30,33-36,38,44-45,48,50,55,57,59H,3,10,16,20,28,31-32H2,(H,58,60)/p+2. The van der Waals surface area contributed by atoms with Crippen LogP contribution in [0.25, 0.3) is 39.3 Å². The summed E-state index contributed by atoms with van der Waals surface area (Å²) >= 11 is 0. The molecule has 306 valence electrons. The first-order valence-corrected chi connectivity index (χ1v) is 23.1. The Balaban J connectivity index is 1.02. The van der Waals surface area contributed by atoms with Crippen molar-refractivity contribution in [1.82, 2.24) is 0 Å². The summed E-state index contributed by atoms with van der Waals surface area (Å²) < 4.78 is 6.97. The Morgan fingerprint density at radius 1 is 0.726 bits per heavy atom. The lowest BCUT2D eigenvalue weighted by atomic mass is 9.71. The van der Waals surface area contributed by atoms with Gasteiger partial charge < -0.3 is 9.32 Å². The van der Waals surface area contributed by atoms with E-state index in [0.29, 0.717) is 18.0 Å². The molecule has 2 aliphatic heterocycles. The normalized spacial score (nSPS) is 27.3. The lowest BCUT2D eigenvalue weighted by Gasteiger charge is -2.38. The van der Waals surface area contributed by atoms with Gasteiger partial charge in [0, 0.05) is 34.0 Å². The second kappa shape index (κ2) is 15.9. The molecule has 12 rings (SSSR count). The monoisotopic (exact) mass is 810 g/mol. The van der Waals surface area contributed by atoms with Crippen molar-refractivity contribution in [1.29, 1.82) is 0 Å². The number of furan rings is 1. The first kappa shape index (κ1) is 37.5. The zero-order valence-corrected chi connectivity index (χ0v) is 35.2. The van der Waals surface area contributed by atoms with Crippen LogP contribution in [0.3, 0.4) is 0 Å². The molecular formula is C57H54N4O+2. The number of allylic oxidation sites excluding steroid dienone is 8. The van der Waals surface area contributed by atoms with E-state index in [1.165, 1.54) is 61.2 Å². The fraction of sp³-hybridized carbons (Fsp3) is 0.246. The molecule has 0 bridgehead atoms. The number of benzene rings is 4. The Labute approximate surface area is 364 Å². The van der Waals surface area contributed by atoms with Crippen LogP contribution in [0.1, 0.15) is 62.0 Å². The lowest BCUT2D eigenvalue weighted by Crippen LogP contribution is -3.19. The second-order valence-corrected chi connectivity index (χ2v) is 18.2. The fourth-order valence-corrected chi connectivity index (χ4v) is 11.7. The van der Waals surface area contributed by atoms with Gasteiger partial charge in [0.1, 0.15) is 11.0 Å². The van der Waals surface area contributed by atoms with Crippen molar-refractivity contribution >= 4 is 45.4 Å². The number of quaternary nitrogens is 2. The summed E-state index contributed by atoms with van der Waals surface area (Å²) in [7, 11) is 0. The van der Waals surface area contributed by atoms with Crippen molar-refractivity contribution in [3.63, 3.8) is 0 Å². The van der Waals surface area contributed by atoms with Crippen molar-refractivity contribution in [3.05, 3.63) is 197 Å². The molecule has 0 fully saturated rings. The van der Waals surface area contributed by atoms with Gasteiger partial charge in [-0.3, -0.25) is 5.32 Å². The third kappa shape index (κ3) is 6.66. The number of nitrogens with two attached hydrogens (primary N) is 2. The highest BCUT2D eigenvalue weighted by molar-refractivity contribution is 5.94. The zero-order chi connectivity index (χ0) is 41.0. The maximum atomic E-state index is 6.97. The van der Waals surface area contributed by atoms with Crippen LogP contribution in [0, 0.1) is 17.8 Å². The number of fused-ring (bicyclic) bond motifs is 6. The Kier molecular flexibility index (Phi) is 9.61. The van der Waals surface area contributed by atoms with Crippen molar-refractivity contribution in [3.8, 4) is 11.1 Å². The van der Waals surface area contributed by atoms with Gasteiger partial charge in [-0.2, -0.15) is 4.99 Å². The molecule has 0 amide bonds. The number of hydrogen-bond acceptors (Lipinski definition) is 3. The van der Waals surface area contributed by atoms with Gasteiger partial charge in [0.05, 0.1) is 23.5 Å². The molecule has 0 spiro atoms. The van der Waals surface area contributed by atoms with Gasteiger partial charge in [-0.25, -0.2) is 5.32 Å². The van der Waals surface area contributed by atoms with Gasteiger partial charge >= 0.3 is 0 Å². The summed E-state index contributed by atoms with van der Waals surface area (Å²) in [4.78, 5) is 8.30.